The van der Waals surface area contributed by atoms with Gasteiger partial charge in [0.1, 0.15) is 18.3 Å². The van der Waals surface area contributed by atoms with Crippen LogP contribution in [0.5, 0.6) is 5.75 Å². The topological polar surface area (TPSA) is 96.0 Å². The van der Waals surface area contributed by atoms with E-state index in [-0.39, 0.29) is 23.5 Å². The van der Waals surface area contributed by atoms with Gasteiger partial charge in [0, 0.05) is 34.1 Å². The molecule has 0 spiro atoms. The van der Waals surface area contributed by atoms with Gasteiger partial charge in [-0.1, -0.05) is 77.8 Å². The van der Waals surface area contributed by atoms with Gasteiger partial charge in [-0.15, -0.1) is 0 Å². The highest BCUT2D eigenvalue weighted by Gasteiger charge is 2.36. The maximum Gasteiger partial charge on any atom is 0.264 e. The highest BCUT2D eigenvalue weighted by atomic mass is 35.5. The van der Waals surface area contributed by atoms with Gasteiger partial charge in [-0.3, -0.25) is 13.9 Å². The van der Waals surface area contributed by atoms with Crippen LogP contribution in [0.4, 0.5) is 5.69 Å². The minimum atomic E-state index is -4.23. The average molecular weight is 683 g/mol. The molecule has 2 amide bonds. The van der Waals surface area contributed by atoms with Crippen LogP contribution < -0.4 is 14.4 Å². The molecule has 1 atom stereocenters. The summed E-state index contributed by atoms with van der Waals surface area (Å²) in [7, 11) is -2.73. The van der Waals surface area contributed by atoms with Crippen LogP contribution in [0.2, 0.25) is 10.0 Å². The average Bonchev–Trinajstić information content (AvgIpc) is 3.02. The summed E-state index contributed by atoms with van der Waals surface area (Å²) in [6, 6.07) is 27.5. The molecule has 0 unspecified atom stereocenters. The Bertz CT molecular complexity index is 1730. The lowest BCUT2D eigenvalue weighted by Crippen LogP contribution is -2.56. The lowest BCUT2D eigenvalue weighted by molar-refractivity contribution is -0.140. The molecule has 1 N–H and O–H groups in total. The van der Waals surface area contributed by atoms with E-state index in [1.165, 1.54) is 24.1 Å². The molecule has 0 radical (unpaired) electrons. The summed E-state index contributed by atoms with van der Waals surface area (Å²) < 4.78 is 34.5. The van der Waals surface area contributed by atoms with E-state index in [4.69, 9.17) is 27.9 Å². The molecule has 0 aromatic heterocycles. The maximum absolute atomic E-state index is 14.6. The predicted molar refractivity (Wildman–Crippen MR) is 183 cm³/mol. The van der Waals surface area contributed by atoms with Crippen LogP contribution in [0.3, 0.4) is 0 Å². The molecule has 0 aliphatic heterocycles. The molecule has 0 bridgehead atoms. The molecule has 4 aromatic carbocycles. The van der Waals surface area contributed by atoms with Crippen molar-refractivity contribution in [3.05, 3.63) is 124 Å². The van der Waals surface area contributed by atoms with Crippen molar-refractivity contribution in [1.82, 2.24) is 10.2 Å². The zero-order valence-corrected chi connectivity index (χ0v) is 28.4. The predicted octanol–water partition coefficient (Wildman–Crippen LogP) is 6.75. The normalized spacial score (nSPS) is 12.2. The Morgan fingerprint density at radius 2 is 1.39 bits per heavy atom. The quantitative estimate of drug-likeness (QED) is 0.178. The van der Waals surface area contributed by atoms with Crippen LogP contribution in [-0.4, -0.2) is 50.4 Å². The highest BCUT2D eigenvalue weighted by Crippen LogP contribution is 2.30. The summed E-state index contributed by atoms with van der Waals surface area (Å²) in [6.07, 6.45) is 0.157. The minimum Gasteiger partial charge on any atom is -0.497 e. The number of nitrogens with zero attached hydrogens (tertiary/aromatic N) is 2. The molecule has 4 aromatic rings. The first-order chi connectivity index (χ1) is 21.8. The molecular formula is C35H37Cl2N3O5S. The first-order valence-corrected chi connectivity index (χ1v) is 16.8. The van der Waals surface area contributed by atoms with E-state index < -0.39 is 40.0 Å². The Morgan fingerprint density at radius 1 is 0.826 bits per heavy atom. The fourth-order valence-corrected chi connectivity index (χ4v) is 6.81. The Hall–Kier alpha value is -4.05. The van der Waals surface area contributed by atoms with Gasteiger partial charge in [0.25, 0.3) is 10.0 Å². The largest absolute Gasteiger partial charge is 0.497 e. The molecule has 242 valence electrons. The van der Waals surface area contributed by atoms with Crippen molar-refractivity contribution in [2.45, 2.75) is 50.2 Å². The third-order valence-electron chi connectivity index (χ3n) is 7.13. The molecule has 0 heterocycles. The fraction of sp³-hybridized carbons (Fsp3) is 0.257. The van der Waals surface area contributed by atoms with Crippen LogP contribution in [0.1, 0.15) is 31.9 Å². The number of rotatable bonds is 12. The number of carbonyl (C=O) groups is 2. The lowest BCUT2D eigenvalue weighted by atomic mass is 10.0. The molecule has 46 heavy (non-hydrogen) atoms. The number of anilines is 1. The summed E-state index contributed by atoms with van der Waals surface area (Å²) in [5.74, 6) is -0.519. The number of halogens is 2. The third-order valence-corrected chi connectivity index (χ3v) is 9.63. The maximum atomic E-state index is 14.6. The fourth-order valence-electron chi connectivity index (χ4n) is 4.86. The Balaban J connectivity index is 1.85. The van der Waals surface area contributed by atoms with Gasteiger partial charge < -0.3 is 15.0 Å². The monoisotopic (exact) mass is 681 g/mol. The molecular weight excluding hydrogens is 645 g/mol. The second kappa shape index (κ2) is 15.0. The van der Waals surface area contributed by atoms with Crippen LogP contribution in [0.25, 0.3) is 0 Å². The van der Waals surface area contributed by atoms with Crippen molar-refractivity contribution in [2.75, 3.05) is 18.0 Å². The van der Waals surface area contributed by atoms with Crippen LogP contribution in [0, 0.1) is 0 Å². The van der Waals surface area contributed by atoms with Crippen molar-refractivity contribution in [3.8, 4) is 5.75 Å². The van der Waals surface area contributed by atoms with Crippen molar-refractivity contribution < 1.29 is 22.7 Å². The van der Waals surface area contributed by atoms with Crippen molar-refractivity contribution >= 4 is 50.7 Å². The number of sulfonamides is 1. The molecule has 0 aliphatic rings. The van der Waals surface area contributed by atoms with E-state index in [1.54, 1.807) is 60.7 Å². The zero-order chi connectivity index (χ0) is 33.5. The van der Waals surface area contributed by atoms with Crippen molar-refractivity contribution in [1.29, 1.82) is 0 Å². The molecule has 0 saturated carbocycles. The number of hydrogen-bond donors (Lipinski definition) is 1. The molecule has 0 saturated heterocycles. The molecule has 4 rings (SSSR count). The highest BCUT2D eigenvalue weighted by molar-refractivity contribution is 7.92. The van der Waals surface area contributed by atoms with E-state index in [2.05, 4.69) is 5.32 Å². The zero-order valence-electron chi connectivity index (χ0n) is 26.1. The number of nitrogens with one attached hydrogen (secondary N) is 1. The SMILES string of the molecule is COc1ccc(N(CC(=O)N(Cc2c(Cl)cccc2Cl)[C@@H](Cc2ccccc2)C(=O)NC(C)(C)C)S(=O)(=O)c2ccccc2)cc1. The summed E-state index contributed by atoms with van der Waals surface area (Å²) in [5.41, 5.74) is 0.868. The summed E-state index contributed by atoms with van der Waals surface area (Å²) >= 11 is 13.1. The number of hydrogen-bond acceptors (Lipinski definition) is 5. The first-order valence-electron chi connectivity index (χ1n) is 14.6. The van der Waals surface area contributed by atoms with Gasteiger partial charge in [-0.05, 0) is 74.9 Å². The minimum absolute atomic E-state index is 0.00521. The van der Waals surface area contributed by atoms with Gasteiger partial charge >= 0.3 is 0 Å². The van der Waals surface area contributed by atoms with E-state index in [0.29, 0.717) is 21.4 Å². The smallest absolute Gasteiger partial charge is 0.264 e. The third kappa shape index (κ3) is 8.81. The lowest BCUT2D eigenvalue weighted by Gasteiger charge is -2.35. The van der Waals surface area contributed by atoms with E-state index in [9.17, 15) is 18.0 Å². The summed E-state index contributed by atoms with van der Waals surface area (Å²) in [6.45, 7) is 4.78. The summed E-state index contributed by atoms with van der Waals surface area (Å²) in [5, 5.41) is 3.62. The second-order valence-corrected chi connectivity index (χ2v) is 14.4. The number of carbonyl (C=O) groups excluding carboxylic acids is 2. The van der Waals surface area contributed by atoms with Crippen LogP contribution in [-0.2, 0) is 32.6 Å². The van der Waals surface area contributed by atoms with E-state index in [0.717, 1.165) is 9.87 Å². The Morgan fingerprint density at radius 3 is 1.93 bits per heavy atom. The summed E-state index contributed by atoms with van der Waals surface area (Å²) in [4.78, 5) is 29.9. The number of methoxy groups -OCH3 is 1. The van der Waals surface area contributed by atoms with Gasteiger partial charge in [-0.2, -0.15) is 0 Å². The van der Waals surface area contributed by atoms with Gasteiger partial charge in [0.05, 0.1) is 17.7 Å². The molecule has 8 nitrogen and oxygen atoms in total. The van der Waals surface area contributed by atoms with Crippen LogP contribution in [0.15, 0.2) is 108 Å². The number of benzene rings is 4. The van der Waals surface area contributed by atoms with Crippen molar-refractivity contribution in [2.24, 2.45) is 0 Å². The van der Waals surface area contributed by atoms with Crippen molar-refractivity contribution in [3.63, 3.8) is 0 Å². The van der Waals surface area contributed by atoms with Crippen LogP contribution >= 0.6 is 23.2 Å². The van der Waals surface area contributed by atoms with Gasteiger partial charge in [-0.25, -0.2) is 8.42 Å². The van der Waals surface area contributed by atoms with Gasteiger partial charge in [0.15, 0.2) is 0 Å². The second-order valence-electron chi connectivity index (χ2n) is 11.7. The Labute approximate surface area is 280 Å². The Kier molecular flexibility index (Phi) is 11.4. The van der Waals surface area contributed by atoms with Gasteiger partial charge in [0.2, 0.25) is 11.8 Å². The first kappa shape index (κ1) is 34.8. The molecule has 0 fully saturated rings. The number of amides is 2. The standard InChI is InChI=1S/C35H37Cl2N3O5S/c1-35(2,3)38-34(42)32(22-25-12-7-5-8-13-25)39(23-29-30(36)16-11-17-31(29)37)33(41)24-40(26-18-20-27(45-4)21-19-26)46(43,44)28-14-9-6-10-15-28/h5-21,32H,22-24H2,1-4H3,(H,38,42)/t32-/m0/s1. The number of ether oxygens (including phenoxy) is 1. The van der Waals surface area contributed by atoms with E-state index >= 15 is 0 Å². The molecule has 0 aliphatic carbocycles. The molecule has 11 heteroatoms. The van der Waals surface area contributed by atoms with E-state index in [1.807, 2.05) is 51.1 Å².